The minimum Gasteiger partial charge on any atom is -0.481 e. The molecule has 7 atom stereocenters. The van der Waals surface area contributed by atoms with Gasteiger partial charge in [-0.05, 0) is 6.42 Å². The lowest BCUT2D eigenvalue weighted by Crippen LogP contribution is -2.46. The Hall–Kier alpha value is -2.64. The third-order valence-electron chi connectivity index (χ3n) is 10.0. The van der Waals surface area contributed by atoms with Gasteiger partial charge in [0.25, 0.3) is 0 Å². The summed E-state index contributed by atoms with van der Waals surface area (Å²) >= 11 is 3.95. The van der Waals surface area contributed by atoms with E-state index in [4.69, 9.17) is 24.6 Å². The van der Waals surface area contributed by atoms with Gasteiger partial charge in [-0.15, -0.1) is 0 Å². The van der Waals surface area contributed by atoms with Crippen molar-refractivity contribution in [1.82, 2.24) is 30.2 Å². The molecular formula is C37H68N7O18P3S. The fraction of sp³-hybridized carbons (Fsp3) is 0.784. The number of aliphatic hydroxyl groups excluding tert-OH is 2. The van der Waals surface area contributed by atoms with Crippen LogP contribution in [0, 0.1) is 5.41 Å². The predicted octanol–water partition coefficient (Wildman–Crippen LogP) is 3.89. The van der Waals surface area contributed by atoms with Crippen molar-refractivity contribution in [3.8, 4) is 0 Å². The van der Waals surface area contributed by atoms with Crippen molar-refractivity contribution < 1.29 is 85.6 Å². The van der Waals surface area contributed by atoms with E-state index in [9.17, 15) is 57.9 Å². The van der Waals surface area contributed by atoms with Gasteiger partial charge in [0.2, 0.25) is 11.8 Å². The number of phosphoric ester groups is 3. The third-order valence-corrected chi connectivity index (χ3v) is 13.3. The molecule has 0 bridgehead atoms. The Kier molecular flexibility index (Phi) is 26.5. The number of thiol groups is 1. The van der Waals surface area contributed by atoms with Crippen molar-refractivity contribution in [1.29, 1.82) is 0 Å². The van der Waals surface area contributed by atoms with Gasteiger partial charge in [-0.3, -0.25) is 32.5 Å². The fourth-order valence-corrected chi connectivity index (χ4v) is 9.37. The van der Waals surface area contributed by atoms with E-state index in [1.165, 1.54) is 84.5 Å². The summed E-state index contributed by atoms with van der Waals surface area (Å²) in [6.45, 7) is 2.98. The Bertz CT molecular complexity index is 1950. The fourth-order valence-electron chi connectivity index (χ4n) is 6.43. The largest absolute Gasteiger partial charge is 0.481 e. The molecule has 25 nitrogen and oxygen atoms in total. The maximum Gasteiger partial charge on any atom is 0.481 e. The van der Waals surface area contributed by atoms with Crippen molar-refractivity contribution in [3.05, 3.63) is 12.7 Å². The molecule has 1 fully saturated rings. The third kappa shape index (κ3) is 22.6. The quantitative estimate of drug-likeness (QED) is 0.0281. The number of phosphoric acid groups is 3. The van der Waals surface area contributed by atoms with E-state index in [0.29, 0.717) is 18.7 Å². The molecule has 3 rings (SSSR count). The second kappa shape index (κ2) is 29.4. The van der Waals surface area contributed by atoms with Crippen LogP contribution in [0.2, 0.25) is 0 Å². The van der Waals surface area contributed by atoms with Crippen LogP contribution in [0.1, 0.15) is 123 Å². The van der Waals surface area contributed by atoms with Crippen LogP contribution in [0.15, 0.2) is 12.7 Å². The number of aromatic nitrogens is 4. The Balaban J connectivity index is 0.000000699. The lowest BCUT2D eigenvalue weighted by molar-refractivity contribution is -0.137. The summed E-state index contributed by atoms with van der Waals surface area (Å²) in [5.41, 5.74) is 4.30. The maximum absolute atomic E-state index is 12.6. The first-order chi connectivity index (χ1) is 30.9. The molecule has 0 aliphatic carbocycles. The molecule has 66 heavy (non-hydrogen) atoms. The number of aliphatic hydroxyl groups is 2. The second-order valence-electron chi connectivity index (χ2n) is 16.2. The molecule has 3 heterocycles. The number of carbonyl (C=O) groups excluding carboxylic acids is 2. The number of carboxylic acids is 1. The summed E-state index contributed by atoms with van der Waals surface area (Å²) in [5.74, 6) is -1.60. The van der Waals surface area contributed by atoms with Crippen LogP contribution in [0.4, 0.5) is 5.82 Å². The Morgan fingerprint density at radius 2 is 1.45 bits per heavy atom. The van der Waals surface area contributed by atoms with Crippen molar-refractivity contribution in [2.45, 2.75) is 148 Å². The number of ether oxygens (including phenoxy) is 1. The van der Waals surface area contributed by atoms with E-state index in [-0.39, 0.29) is 35.9 Å². The molecule has 11 N–H and O–H groups in total. The van der Waals surface area contributed by atoms with E-state index in [0.717, 1.165) is 30.1 Å². The molecule has 0 spiro atoms. The highest BCUT2D eigenvalue weighted by atomic mass is 32.1. The zero-order chi connectivity index (χ0) is 49.6. The molecule has 0 saturated carbocycles. The normalized spacial score (nSPS) is 19.9. The predicted molar refractivity (Wildman–Crippen MR) is 241 cm³/mol. The van der Waals surface area contributed by atoms with Gasteiger partial charge >= 0.3 is 29.4 Å². The zero-order valence-corrected chi connectivity index (χ0v) is 41.0. The van der Waals surface area contributed by atoms with Gasteiger partial charge in [0.1, 0.15) is 36.3 Å². The summed E-state index contributed by atoms with van der Waals surface area (Å²) in [6.07, 6.45) is 10.5. The number of nitrogen functional groups attached to an aromatic ring is 1. The van der Waals surface area contributed by atoms with Crippen LogP contribution in [0.3, 0.4) is 0 Å². The molecule has 380 valence electrons. The molecule has 2 amide bonds. The van der Waals surface area contributed by atoms with Crippen molar-refractivity contribution in [2.24, 2.45) is 5.41 Å². The molecule has 29 heteroatoms. The maximum atomic E-state index is 12.6. The summed E-state index contributed by atoms with van der Waals surface area (Å²) in [6, 6.07) is 0. The first kappa shape index (κ1) is 59.5. The van der Waals surface area contributed by atoms with Crippen LogP contribution in [0.25, 0.3) is 11.2 Å². The first-order valence-electron chi connectivity index (χ1n) is 21.6. The van der Waals surface area contributed by atoms with E-state index in [1.807, 2.05) is 0 Å². The molecule has 2 aromatic heterocycles. The van der Waals surface area contributed by atoms with E-state index >= 15 is 0 Å². The van der Waals surface area contributed by atoms with Gasteiger partial charge in [0.05, 0.1) is 19.5 Å². The highest BCUT2D eigenvalue weighted by Gasteiger charge is 2.50. The number of imidazole rings is 1. The number of nitrogens with one attached hydrogen (secondary N) is 2. The molecule has 0 radical (unpaired) electrons. The highest BCUT2D eigenvalue weighted by molar-refractivity contribution is 7.80. The minimum absolute atomic E-state index is 0.0363. The number of carboxylic acid groups (broad SMARTS) is 1. The highest BCUT2D eigenvalue weighted by Crippen LogP contribution is 2.61. The zero-order valence-electron chi connectivity index (χ0n) is 37.5. The average Bonchev–Trinajstić information content (AvgIpc) is 3.79. The van der Waals surface area contributed by atoms with Crippen molar-refractivity contribution >= 4 is 70.9 Å². The van der Waals surface area contributed by atoms with Gasteiger partial charge in [0, 0.05) is 37.1 Å². The number of fused-ring (bicyclic) bond motifs is 1. The molecule has 2 aromatic rings. The smallest absolute Gasteiger partial charge is 0.481 e. The Morgan fingerprint density at radius 1 is 0.879 bits per heavy atom. The number of nitrogens with zero attached hydrogens (tertiary/aromatic N) is 4. The van der Waals surface area contributed by atoms with Gasteiger partial charge in [-0.2, -0.15) is 16.9 Å². The van der Waals surface area contributed by atoms with Crippen LogP contribution in [-0.4, -0.2) is 129 Å². The van der Waals surface area contributed by atoms with Crippen LogP contribution in [-0.2, 0) is 50.7 Å². The summed E-state index contributed by atoms with van der Waals surface area (Å²) in [4.78, 5) is 84.9. The van der Waals surface area contributed by atoms with E-state index in [1.54, 1.807) is 0 Å². The summed E-state index contributed by atoms with van der Waals surface area (Å²) in [7, 11) is -16.3. The number of nitrogens with two attached hydrogens (primary N) is 1. The number of hydrogen-bond donors (Lipinski definition) is 11. The number of unbranched alkanes of at least 4 members (excludes halogenated alkanes) is 12. The summed E-state index contributed by atoms with van der Waals surface area (Å²) in [5, 5.41) is 34.6. The lowest BCUT2D eigenvalue weighted by Gasteiger charge is -2.30. The number of anilines is 1. The minimum atomic E-state index is -5.54. The van der Waals surface area contributed by atoms with Gasteiger partial charge in [0.15, 0.2) is 17.7 Å². The average molecular weight is 1020 g/mol. The standard InChI is InChI=1S/C21H36N7O16P3S.C16H32O2/c1-21(2,16(31)19(32)24-4-3-12(29)23-5-6-48)8-41-47(38,39)44-46(36,37)40-7-11-15(43-45(33,34)35)14(30)20(42-11)28-10-27-13-17(22)25-9-26-18(13)28;1-2-3-4-5-6-7-8-9-10-11-12-13-14-15-16(17)18/h9-11,14-16,20,30-31,48H,3-8H2,1-2H3,(H,23,29)(H,24,32)(H,36,37)(H,38,39)(H2,22,25,26)(H2,33,34,35);2-15H2,1H3,(H,17,18)/t11-,14-,15-,16+,20-;/m1./s1. The second-order valence-corrected chi connectivity index (χ2v) is 20.9. The number of hydrogen-bond acceptors (Lipinski definition) is 18. The topological polar surface area (TPSA) is 384 Å². The number of aliphatic carboxylic acids is 1. The van der Waals surface area contributed by atoms with Crippen molar-refractivity contribution in [2.75, 3.05) is 37.8 Å². The molecule has 1 aliphatic rings. The molecular weight excluding hydrogens is 955 g/mol. The number of amides is 2. The monoisotopic (exact) mass is 1020 g/mol. The molecule has 1 saturated heterocycles. The van der Waals surface area contributed by atoms with Crippen LogP contribution >= 0.6 is 36.1 Å². The van der Waals surface area contributed by atoms with Gasteiger partial charge in [-0.25, -0.2) is 28.6 Å². The van der Waals surface area contributed by atoms with Crippen LogP contribution in [0.5, 0.6) is 0 Å². The first-order valence-corrected chi connectivity index (χ1v) is 26.8. The molecule has 2 unspecified atom stereocenters. The van der Waals surface area contributed by atoms with E-state index < -0.39 is 84.6 Å². The number of rotatable bonds is 32. The van der Waals surface area contributed by atoms with Crippen molar-refractivity contribution in [3.63, 3.8) is 0 Å². The van der Waals surface area contributed by atoms with Crippen LogP contribution < -0.4 is 16.4 Å². The summed E-state index contributed by atoms with van der Waals surface area (Å²) < 4.78 is 61.7. The Morgan fingerprint density at radius 3 is 2.02 bits per heavy atom. The van der Waals surface area contributed by atoms with Gasteiger partial charge in [-0.1, -0.05) is 97.8 Å². The molecule has 0 aromatic carbocycles. The van der Waals surface area contributed by atoms with E-state index in [2.05, 4.69) is 54.0 Å². The SMILES string of the molecule is CC(C)(COP(=O)(O)OP(=O)(O)OC[C@H]1O[C@@H](n2cnc3c(N)ncnc32)[C@H](O)[C@@H]1OP(=O)(O)O)[C@@H](O)C(=O)NCCC(=O)NCCS.CCCCCCCCCCCCCCCC(=O)O. The van der Waals surface area contributed by atoms with Gasteiger partial charge < -0.3 is 56.0 Å². The lowest BCUT2D eigenvalue weighted by atomic mass is 9.87. The number of carbonyl (C=O) groups is 3. The molecule has 1 aliphatic heterocycles. The Labute approximate surface area is 389 Å².